The topological polar surface area (TPSA) is 97.8 Å². The van der Waals surface area contributed by atoms with Crippen molar-refractivity contribution in [2.24, 2.45) is 0 Å². The van der Waals surface area contributed by atoms with E-state index in [9.17, 15) is 14.7 Å². The van der Waals surface area contributed by atoms with Gasteiger partial charge < -0.3 is 19.9 Å². The lowest BCUT2D eigenvalue weighted by Crippen LogP contribution is -2.43. The Bertz CT molecular complexity index is 744. The highest BCUT2D eigenvalue weighted by atomic mass is 16.6. The standard InChI is InChI=1S/C20H24N2O5/c1-20(2,3)27-19(25)22-16(15-10-7-11-21-12-15)17(23)18(24)26-13-14-8-5-4-6-9-14/h4-12,16-17,23H,13H2,1-3H3,(H,22,25)/t16-,17+/m0/s1. The number of aliphatic hydroxyl groups is 1. The summed E-state index contributed by atoms with van der Waals surface area (Å²) in [4.78, 5) is 28.4. The van der Waals surface area contributed by atoms with Crippen LogP contribution in [0.25, 0.3) is 0 Å². The van der Waals surface area contributed by atoms with Crippen LogP contribution in [0.5, 0.6) is 0 Å². The quantitative estimate of drug-likeness (QED) is 0.757. The molecule has 0 saturated carbocycles. The SMILES string of the molecule is CC(C)(C)OC(=O)N[C@@H](c1cccnc1)[C@@H](O)C(=O)OCc1ccccc1. The summed E-state index contributed by atoms with van der Waals surface area (Å²) in [6.07, 6.45) is 0.626. The van der Waals surface area contributed by atoms with Crippen LogP contribution in [-0.4, -0.2) is 33.9 Å². The number of esters is 1. The number of benzene rings is 1. The number of carbonyl (C=O) groups excluding carboxylic acids is 2. The minimum absolute atomic E-state index is 0.0168. The molecule has 0 saturated heterocycles. The number of pyridine rings is 1. The first kappa shape index (κ1) is 20.4. The van der Waals surface area contributed by atoms with Crippen molar-refractivity contribution in [3.05, 3.63) is 66.0 Å². The Morgan fingerprint density at radius 2 is 1.85 bits per heavy atom. The van der Waals surface area contributed by atoms with Gasteiger partial charge in [-0.15, -0.1) is 0 Å². The molecule has 0 radical (unpaired) electrons. The van der Waals surface area contributed by atoms with E-state index in [1.165, 1.54) is 6.20 Å². The Morgan fingerprint density at radius 1 is 1.15 bits per heavy atom. The van der Waals surface area contributed by atoms with E-state index in [-0.39, 0.29) is 6.61 Å². The minimum atomic E-state index is -1.62. The molecule has 7 heteroatoms. The van der Waals surface area contributed by atoms with Crippen molar-refractivity contribution in [1.82, 2.24) is 10.3 Å². The average molecular weight is 372 g/mol. The molecular formula is C20H24N2O5. The fourth-order valence-electron chi connectivity index (χ4n) is 2.29. The molecule has 144 valence electrons. The second kappa shape index (κ2) is 9.14. The van der Waals surface area contributed by atoms with Crippen LogP contribution in [0.4, 0.5) is 4.79 Å². The molecule has 2 atom stereocenters. The van der Waals surface area contributed by atoms with Crippen LogP contribution in [0.3, 0.4) is 0 Å². The summed E-state index contributed by atoms with van der Waals surface area (Å²) in [5.41, 5.74) is 0.520. The molecule has 0 bridgehead atoms. The van der Waals surface area contributed by atoms with Gasteiger partial charge in [0.05, 0.1) is 6.04 Å². The summed E-state index contributed by atoms with van der Waals surface area (Å²) >= 11 is 0. The lowest BCUT2D eigenvalue weighted by molar-refractivity contribution is -0.156. The van der Waals surface area contributed by atoms with Crippen molar-refractivity contribution >= 4 is 12.1 Å². The van der Waals surface area contributed by atoms with Crippen LogP contribution >= 0.6 is 0 Å². The predicted octanol–water partition coefficient (Wildman–Crippen LogP) is 2.75. The van der Waals surface area contributed by atoms with Gasteiger partial charge in [0.1, 0.15) is 12.2 Å². The zero-order chi connectivity index (χ0) is 19.9. The van der Waals surface area contributed by atoms with E-state index in [2.05, 4.69) is 10.3 Å². The maximum atomic E-state index is 12.3. The Morgan fingerprint density at radius 3 is 2.44 bits per heavy atom. The predicted molar refractivity (Wildman–Crippen MR) is 98.6 cm³/mol. The van der Waals surface area contributed by atoms with E-state index < -0.39 is 29.8 Å². The second-order valence-electron chi connectivity index (χ2n) is 6.95. The molecule has 0 unspecified atom stereocenters. The van der Waals surface area contributed by atoms with Crippen molar-refractivity contribution in [3.63, 3.8) is 0 Å². The number of nitrogens with one attached hydrogen (secondary N) is 1. The van der Waals surface area contributed by atoms with E-state index in [1.807, 2.05) is 18.2 Å². The maximum Gasteiger partial charge on any atom is 0.408 e. The third-order valence-electron chi connectivity index (χ3n) is 3.50. The van der Waals surface area contributed by atoms with E-state index in [0.29, 0.717) is 5.56 Å². The van der Waals surface area contributed by atoms with Crippen LogP contribution in [-0.2, 0) is 20.9 Å². The fourth-order valence-corrected chi connectivity index (χ4v) is 2.29. The molecule has 0 aliphatic carbocycles. The molecule has 2 aromatic rings. The third-order valence-corrected chi connectivity index (χ3v) is 3.50. The second-order valence-corrected chi connectivity index (χ2v) is 6.95. The van der Waals surface area contributed by atoms with Gasteiger partial charge in [-0.05, 0) is 38.0 Å². The first-order valence-electron chi connectivity index (χ1n) is 8.54. The number of hydrogen-bond acceptors (Lipinski definition) is 6. The molecule has 1 aromatic carbocycles. The van der Waals surface area contributed by atoms with Crippen LogP contribution in [0.15, 0.2) is 54.9 Å². The van der Waals surface area contributed by atoms with Crippen LogP contribution in [0.2, 0.25) is 0 Å². The number of hydrogen-bond donors (Lipinski definition) is 2. The van der Waals surface area contributed by atoms with Gasteiger partial charge in [0, 0.05) is 12.4 Å². The summed E-state index contributed by atoms with van der Waals surface area (Å²) < 4.78 is 10.4. The molecule has 1 heterocycles. The monoisotopic (exact) mass is 372 g/mol. The molecule has 2 N–H and O–H groups in total. The average Bonchev–Trinajstić information content (AvgIpc) is 2.64. The first-order valence-corrected chi connectivity index (χ1v) is 8.54. The fraction of sp³-hybridized carbons (Fsp3) is 0.350. The van der Waals surface area contributed by atoms with Gasteiger partial charge in [-0.1, -0.05) is 36.4 Å². The maximum absolute atomic E-state index is 12.3. The highest BCUT2D eigenvalue weighted by molar-refractivity contribution is 5.77. The highest BCUT2D eigenvalue weighted by Gasteiger charge is 2.32. The van der Waals surface area contributed by atoms with Crippen molar-refractivity contribution in [2.75, 3.05) is 0 Å². The zero-order valence-electron chi connectivity index (χ0n) is 15.6. The molecule has 7 nitrogen and oxygen atoms in total. The van der Waals surface area contributed by atoms with Gasteiger partial charge in [-0.25, -0.2) is 9.59 Å². The Hall–Kier alpha value is -2.93. The molecule has 1 aromatic heterocycles. The molecule has 0 spiro atoms. The molecule has 1 amide bonds. The van der Waals surface area contributed by atoms with E-state index >= 15 is 0 Å². The Kier molecular flexibility index (Phi) is 6.90. The molecular weight excluding hydrogens is 348 g/mol. The number of amides is 1. The number of aliphatic hydroxyl groups excluding tert-OH is 1. The summed E-state index contributed by atoms with van der Waals surface area (Å²) in [6.45, 7) is 5.17. The van der Waals surface area contributed by atoms with Gasteiger partial charge in [-0.3, -0.25) is 4.98 Å². The number of nitrogens with zero attached hydrogens (tertiary/aromatic N) is 1. The Balaban J connectivity index is 2.09. The van der Waals surface area contributed by atoms with Crippen molar-refractivity contribution in [2.45, 2.75) is 45.1 Å². The van der Waals surface area contributed by atoms with E-state index in [1.54, 1.807) is 51.2 Å². The zero-order valence-corrected chi connectivity index (χ0v) is 15.6. The van der Waals surface area contributed by atoms with E-state index in [4.69, 9.17) is 9.47 Å². The molecule has 27 heavy (non-hydrogen) atoms. The normalized spacial score (nSPS) is 13.3. The smallest absolute Gasteiger partial charge is 0.408 e. The summed E-state index contributed by atoms with van der Waals surface area (Å²) in [7, 11) is 0. The summed E-state index contributed by atoms with van der Waals surface area (Å²) in [5, 5.41) is 13.0. The molecule has 0 aliphatic rings. The number of ether oxygens (including phenoxy) is 2. The van der Waals surface area contributed by atoms with Crippen molar-refractivity contribution < 1.29 is 24.2 Å². The molecule has 2 rings (SSSR count). The number of aromatic nitrogens is 1. The largest absolute Gasteiger partial charge is 0.459 e. The Labute approximate surface area is 158 Å². The van der Waals surface area contributed by atoms with Gasteiger partial charge in [0.2, 0.25) is 0 Å². The third kappa shape index (κ3) is 6.71. The lowest BCUT2D eigenvalue weighted by atomic mass is 10.0. The minimum Gasteiger partial charge on any atom is -0.459 e. The number of alkyl carbamates (subject to hydrolysis) is 1. The molecule has 0 fully saturated rings. The van der Waals surface area contributed by atoms with Gasteiger partial charge >= 0.3 is 12.1 Å². The van der Waals surface area contributed by atoms with Crippen LogP contribution in [0.1, 0.15) is 37.9 Å². The lowest BCUT2D eigenvalue weighted by Gasteiger charge is -2.26. The first-order chi connectivity index (χ1) is 12.8. The summed E-state index contributed by atoms with van der Waals surface area (Å²) in [5.74, 6) is -0.858. The van der Waals surface area contributed by atoms with Crippen LogP contribution < -0.4 is 5.32 Å². The van der Waals surface area contributed by atoms with Gasteiger partial charge in [0.15, 0.2) is 6.10 Å². The van der Waals surface area contributed by atoms with Gasteiger partial charge in [-0.2, -0.15) is 0 Å². The highest BCUT2D eigenvalue weighted by Crippen LogP contribution is 2.19. The number of carbonyl (C=O) groups is 2. The van der Waals surface area contributed by atoms with Crippen molar-refractivity contribution in [1.29, 1.82) is 0 Å². The van der Waals surface area contributed by atoms with Gasteiger partial charge in [0.25, 0.3) is 0 Å². The number of rotatable bonds is 6. The van der Waals surface area contributed by atoms with Crippen LogP contribution in [0, 0.1) is 0 Å². The van der Waals surface area contributed by atoms with E-state index in [0.717, 1.165) is 5.56 Å². The molecule has 0 aliphatic heterocycles. The van der Waals surface area contributed by atoms with Crippen molar-refractivity contribution in [3.8, 4) is 0 Å². The summed E-state index contributed by atoms with van der Waals surface area (Å²) in [6, 6.07) is 11.3.